The van der Waals surface area contributed by atoms with Gasteiger partial charge in [0, 0.05) is 10.2 Å². The Hall–Kier alpha value is -1.56. The number of methoxy groups -OCH3 is 1. The lowest BCUT2D eigenvalue weighted by Crippen LogP contribution is -2.30. The summed E-state index contributed by atoms with van der Waals surface area (Å²) in [6, 6.07) is 4.89. The number of esters is 1. The van der Waals surface area contributed by atoms with Crippen LogP contribution in [0.3, 0.4) is 0 Å². The molecule has 0 aliphatic rings. The largest absolute Gasteiger partial charge is 0.468 e. The Kier molecular flexibility index (Phi) is 4.30. The fraction of sp³-hybridized carbons (Fsp3) is 0.200. The second-order valence-corrected chi connectivity index (χ2v) is 3.91. The molecular weight excluding hydrogens is 276 g/mol. The van der Waals surface area contributed by atoms with Crippen LogP contribution in [0.15, 0.2) is 22.7 Å². The average Bonchev–Trinajstić information content (AvgIpc) is 2.25. The maximum absolute atomic E-state index is 11.6. The third-order valence-corrected chi connectivity index (χ3v) is 2.37. The zero-order chi connectivity index (χ0) is 12.1. The number of ether oxygens (including phenoxy) is 1. The summed E-state index contributed by atoms with van der Waals surface area (Å²) in [5.74, 6) is -0.917. The van der Waals surface area contributed by atoms with E-state index in [1.807, 2.05) is 0 Å². The molecule has 0 fully saturated rings. The van der Waals surface area contributed by atoms with E-state index in [-0.39, 0.29) is 6.54 Å². The van der Waals surface area contributed by atoms with Crippen LogP contribution in [0, 0.1) is 0 Å². The topological polar surface area (TPSA) is 81.4 Å². The molecule has 0 saturated carbocycles. The van der Waals surface area contributed by atoms with Gasteiger partial charge < -0.3 is 15.8 Å². The monoisotopic (exact) mass is 286 g/mol. The first-order chi connectivity index (χ1) is 7.54. The third-order valence-electron chi connectivity index (χ3n) is 1.88. The van der Waals surface area contributed by atoms with Crippen LogP contribution in [0.1, 0.15) is 10.4 Å². The summed E-state index contributed by atoms with van der Waals surface area (Å²) in [4.78, 5) is 22.4. The fourth-order valence-electron chi connectivity index (χ4n) is 1.06. The third kappa shape index (κ3) is 3.23. The number of hydrogen-bond acceptors (Lipinski definition) is 4. The molecule has 1 aromatic rings. The molecular formula is C10H11BrN2O3. The molecule has 1 amide bonds. The summed E-state index contributed by atoms with van der Waals surface area (Å²) in [5, 5.41) is 2.40. The van der Waals surface area contributed by atoms with E-state index in [2.05, 4.69) is 26.0 Å². The zero-order valence-corrected chi connectivity index (χ0v) is 10.2. The summed E-state index contributed by atoms with van der Waals surface area (Å²) in [6.07, 6.45) is 0. The van der Waals surface area contributed by atoms with Crippen LogP contribution in [0.4, 0.5) is 5.69 Å². The molecule has 1 rings (SSSR count). The number of halogens is 1. The van der Waals surface area contributed by atoms with Crippen molar-refractivity contribution in [1.82, 2.24) is 5.32 Å². The molecule has 0 atom stereocenters. The highest BCUT2D eigenvalue weighted by Crippen LogP contribution is 2.18. The van der Waals surface area contributed by atoms with Crippen LogP contribution in [-0.4, -0.2) is 25.5 Å². The lowest BCUT2D eigenvalue weighted by Gasteiger charge is -2.06. The first-order valence-electron chi connectivity index (χ1n) is 4.44. The van der Waals surface area contributed by atoms with Crippen molar-refractivity contribution in [3.63, 3.8) is 0 Å². The van der Waals surface area contributed by atoms with Crippen molar-refractivity contribution in [2.45, 2.75) is 0 Å². The minimum absolute atomic E-state index is 0.176. The van der Waals surface area contributed by atoms with Gasteiger partial charge in [-0.25, -0.2) is 0 Å². The highest BCUT2D eigenvalue weighted by atomic mass is 79.9. The molecule has 0 aliphatic heterocycles. The molecule has 16 heavy (non-hydrogen) atoms. The molecule has 0 aromatic heterocycles. The van der Waals surface area contributed by atoms with Crippen LogP contribution >= 0.6 is 15.9 Å². The molecule has 86 valence electrons. The van der Waals surface area contributed by atoms with Gasteiger partial charge in [-0.2, -0.15) is 0 Å². The quantitative estimate of drug-likeness (QED) is 0.640. The van der Waals surface area contributed by atoms with Gasteiger partial charge in [0.1, 0.15) is 6.54 Å². The average molecular weight is 287 g/mol. The van der Waals surface area contributed by atoms with Crippen molar-refractivity contribution in [1.29, 1.82) is 0 Å². The molecule has 6 heteroatoms. The van der Waals surface area contributed by atoms with Crippen molar-refractivity contribution in [2.75, 3.05) is 19.4 Å². The first-order valence-corrected chi connectivity index (χ1v) is 5.24. The van der Waals surface area contributed by atoms with Crippen molar-refractivity contribution < 1.29 is 14.3 Å². The second kappa shape index (κ2) is 5.50. The lowest BCUT2D eigenvalue weighted by atomic mass is 10.1. The number of amides is 1. The molecule has 5 nitrogen and oxygen atoms in total. The van der Waals surface area contributed by atoms with E-state index >= 15 is 0 Å². The number of anilines is 1. The Morgan fingerprint density at radius 2 is 2.19 bits per heavy atom. The Morgan fingerprint density at radius 1 is 1.50 bits per heavy atom. The van der Waals surface area contributed by atoms with Gasteiger partial charge in [-0.05, 0) is 18.2 Å². The van der Waals surface area contributed by atoms with E-state index in [1.54, 1.807) is 18.2 Å². The predicted octanol–water partition coefficient (Wildman–Crippen LogP) is 0.934. The van der Waals surface area contributed by atoms with E-state index in [4.69, 9.17) is 5.73 Å². The summed E-state index contributed by atoms with van der Waals surface area (Å²) < 4.78 is 5.18. The number of nitrogen functional groups attached to an aromatic ring is 1. The molecule has 3 N–H and O–H groups in total. The SMILES string of the molecule is COC(=O)CNC(=O)c1ccc(Br)cc1N. The van der Waals surface area contributed by atoms with Gasteiger partial charge in [-0.15, -0.1) is 0 Å². The number of nitrogens with one attached hydrogen (secondary N) is 1. The molecule has 1 aromatic carbocycles. The first kappa shape index (κ1) is 12.5. The smallest absolute Gasteiger partial charge is 0.325 e. The summed E-state index contributed by atoms with van der Waals surface area (Å²) in [6.45, 7) is -0.176. The summed E-state index contributed by atoms with van der Waals surface area (Å²) >= 11 is 3.23. The minimum Gasteiger partial charge on any atom is -0.468 e. The standard InChI is InChI=1S/C10H11BrN2O3/c1-16-9(14)5-13-10(15)7-3-2-6(11)4-8(7)12/h2-4H,5,12H2,1H3,(H,13,15). The molecule has 0 bridgehead atoms. The van der Waals surface area contributed by atoms with Crippen molar-refractivity contribution in [3.05, 3.63) is 28.2 Å². The van der Waals surface area contributed by atoms with Gasteiger partial charge in [-0.3, -0.25) is 9.59 Å². The van der Waals surface area contributed by atoms with Crippen LogP contribution in [-0.2, 0) is 9.53 Å². The second-order valence-electron chi connectivity index (χ2n) is 2.99. The van der Waals surface area contributed by atoms with Gasteiger partial charge in [-0.1, -0.05) is 15.9 Å². The predicted molar refractivity (Wildman–Crippen MR) is 62.9 cm³/mol. The van der Waals surface area contributed by atoms with Gasteiger partial charge in [0.2, 0.25) is 0 Å². The van der Waals surface area contributed by atoms with E-state index in [9.17, 15) is 9.59 Å². The molecule has 0 unspecified atom stereocenters. The van der Waals surface area contributed by atoms with E-state index in [1.165, 1.54) is 7.11 Å². The summed E-state index contributed by atoms with van der Waals surface area (Å²) in [5.41, 5.74) is 6.32. The Bertz CT molecular complexity index is 421. The number of hydrogen-bond donors (Lipinski definition) is 2. The van der Waals surface area contributed by atoms with Crippen LogP contribution in [0.5, 0.6) is 0 Å². The van der Waals surface area contributed by atoms with E-state index in [0.717, 1.165) is 4.47 Å². The fourth-order valence-corrected chi connectivity index (χ4v) is 1.44. The number of nitrogens with two attached hydrogens (primary N) is 1. The lowest BCUT2D eigenvalue weighted by molar-refractivity contribution is -0.139. The van der Waals surface area contributed by atoms with Gasteiger partial charge in [0.15, 0.2) is 0 Å². The highest BCUT2D eigenvalue weighted by molar-refractivity contribution is 9.10. The number of carbonyl (C=O) groups excluding carboxylic acids is 2. The normalized spacial score (nSPS) is 9.62. The molecule has 0 heterocycles. The minimum atomic E-state index is -0.510. The molecule has 0 aliphatic carbocycles. The number of benzene rings is 1. The molecule has 0 radical (unpaired) electrons. The zero-order valence-electron chi connectivity index (χ0n) is 8.62. The van der Waals surface area contributed by atoms with Crippen molar-refractivity contribution >= 4 is 33.5 Å². The summed E-state index contributed by atoms with van der Waals surface area (Å²) in [7, 11) is 1.25. The van der Waals surface area contributed by atoms with Gasteiger partial charge in [0.25, 0.3) is 5.91 Å². The number of carbonyl (C=O) groups is 2. The van der Waals surface area contributed by atoms with Gasteiger partial charge in [0.05, 0.1) is 12.7 Å². The van der Waals surface area contributed by atoms with Crippen molar-refractivity contribution in [2.24, 2.45) is 0 Å². The van der Waals surface area contributed by atoms with E-state index < -0.39 is 11.9 Å². The van der Waals surface area contributed by atoms with Crippen LogP contribution in [0.2, 0.25) is 0 Å². The van der Waals surface area contributed by atoms with Crippen LogP contribution in [0.25, 0.3) is 0 Å². The highest BCUT2D eigenvalue weighted by Gasteiger charge is 2.11. The maximum atomic E-state index is 11.6. The van der Waals surface area contributed by atoms with Crippen LogP contribution < -0.4 is 11.1 Å². The van der Waals surface area contributed by atoms with Crippen molar-refractivity contribution in [3.8, 4) is 0 Å². The Morgan fingerprint density at radius 3 is 2.75 bits per heavy atom. The molecule has 0 saturated heterocycles. The van der Waals surface area contributed by atoms with E-state index in [0.29, 0.717) is 11.3 Å². The maximum Gasteiger partial charge on any atom is 0.325 e. The Labute approximate surface area is 101 Å². The number of rotatable bonds is 3. The Balaban J connectivity index is 2.70. The van der Waals surface area contributed by atoms with Gasteiger partial charge >= 0.3 is 5.97 Å². The molecule has 0 spiro atoms.